The van der Waals surface area contributed by atoms with Crippen molar-refractivity contribution in [2.24, 2.45) is 0 Å². The maximum atomic E-state index is 14.3. The van der Waals surface area contributed by atoms with E-state index in [1.54, 1.807) is 30.7 Å². The molecule has 11 heteroatoms. The van der Waals surface area contributed by atoms with Gasteiger partial charge < -0.3 is 11.1 Å². The van der Waals surface area contributed by atoms with E-state index in [-0.39, 0.29) is 11.6 Å². The Bertz CT molecular complexity index is 2040. The number of hydrogen-bond acceptors (Lipinski definition) is 9. The molecule has 0 aliphatic carbocycles. The summed E-state index contributed by atoms with van der Waals surface area (Å²) in [4.78, 5) is 23.6. The molecule has 10 nitrogen and oxygen atoms in total. The largest absolute Gasteiger partial charge is 0.383 e. The average Bonchev–Trinajstić information content (AvgIpc) is 3.40. The summed E-state index contributed by atoms with van der Waals surface area (Å²) in [5.41, 5.74) is 10.3. The number of anilines is 2. The molecule has 0 atom stereocenters. The fraction of sp³-hybridized carbons (Fsp3) is 0.200. The second-order valence-electron chi connectivity index (χ2n) is 11.1. The topological polar surface area (TPSA) is 134 Å². The third-order valence-corrected chi connectivity index (χ3v) is 8.07. The van der Waals surface area contributed by atoms with Crippen molar-refractivity contribution < 1.29 is 4.39 Å². The number of rotatable bonds is 8. The fourth-order valence-corrected chi connectivity index (χ4v) is 5.60. The van der Waals surface area contributed by atoms with E-state index in [2.05, 4.69) is 61.0 Å². The second kappa shape index (κ2) is 13.5. The molecule has 1 aromatic carbocycles. The number of likely N-dealkylation sites (tertiary alicyclic amines) is 1. The lowest BCUT2D eigenvalue weighted by Crippen LogP contribution is -2.38. The predicted octanol–water partition coefficient (Wildman–Crippen LogP) is 4.08. The fourth-order valence-electron chi connectivity index (χ4n) is 5.60. The van der Waals surface area contributed by atoms with Crippen LogP contribution in [0.3, 0.4) is 0 Å². The Kier molecular flexibility index (Phi) is 8.89. The van der Waals surface area contributed by atoms with Crippen molar-refractivity contribution in [2.75, 3.05) is 24.1 Å². The number of imidazole rings is 1. The quantitative estimate of drug-likeness (QED) is 0.266. The zero-order valence-electron chi connectivity index (χ0n) is 25.4. The van der Waals surface area contributed by atoms with E-state index >= 15 is 0 Å². The number of hydrogen-bond donors (Lipinski definition) is 2. The first-order valence-electron chi connectivity index (χ1n) is 15.0. The molecule has 4 aromatic heterocycles. The van der Waals surface area contributed by atoms with E-state index in [1.165, 1.54) is 11.8 Å². The summed E-state index contributed by atoms with van der Waals surface area (Å²) in [5.74, 6) is 1.46. The van der Waals surface area contributed by atoms with Gasteiger partial charge in [0.1, 0.15) is 29.3 Å². The van der Waals surface area contributed by atoms with Gasteiger partial charge in [-0.3, -0.25) is 14.5 Å². The SMILES string of the molecule is C=c1/c(=C\C=C(/C)c2ccncc2F)nc(-c2cccnc2N)n1-c1ccc(CN2CCC(Nc3ccnc(C#N)n3)CC2)cc1. The van der Waals surface area contributed by atoms with Crippen LogP contribution in [0.5, 0.6) is 0 Å². The first-order valence-corrected chi connectivity index (χ1v) is 15.0. The molecule has 0 amide bonds. The van der Waals surface area contributed by atoms with Crippen molar-refractivity contribution in [2.45, 2.75) is 32.4 Å². The molecule has 6 rings (SSSR count). The Hall–Kier alpha value is -5.73. The predicted molar refractivity (Wildman–Crippen MR) is 177 cm³/mol. The lowest BCUT2D eigenvalue weighted by atomic mass is 10.0. The van der Waals surface area contributed by atoms with E-state index in [0.29, 0.717) is 45.3 Å². The number of aromatic nitrogens is 6. The van der Waals surface area contributed by atoms with Crippen LogP contribution in [0, 0.1) is 17.1 Å². The van der Waals surface area contributed by atoms with Crippen LogP contribution >= 0.6 is 0 Å². The zero-order chi connectivity index (χ0) is 32.0. The van der Waals surface area contributed by atoms with Gasteiger partial charge in [-0.25, -0.2) is 24.3 Å². The molecule has 1 aliphatic heterocycles. The smallest absolute Gasteiger partial charge is 0.234 e. The summed E-state index contributed by atoms with van der Waals surface area (Å²) >= 11 is 0. The minimum atomic E-state index is -0.382. The highest BCUT2D eigenvalue weighted by Crippen LogP contribution is 2.24. The number of benzene rings is 1. The number of pyridine rings is 2. The Morgan fingerprint density at radius 3 is 2.63 bits per heavy atom. The maximum absolute atomic E-state index is 14.3. The number of nitrogens with two attached hydrogens (primary N) is 1. The monoisotopic (exact) mass is 612 g/mol. The highest BCUT2D eigenvalue weighted by atomic mass is 19.1. The van der Waals surface area contributed by atoms with E-state index < -0.39 is 0 Å². The molecule has 1 saturated heterocycles. The molecule has 3 N–H and O–H groups in total. The number of piperidine rings is 1. The number of nitrogens with one attached hydrogen (secondary N) is 1. The molecule has 1 fully saturated rings. The Labute approximate surface area is 266 Å². The van der Waals surface area contributed by atoms with Crippen LogP contribution in [-0.2, 0) is 6.54 Å². The van der Waals surface area contributed by atoms with Gasteiger partial charge in [-0.2, -0.15) is 5.26 Å². The summed E-state index contributed by atoms with van der Waals surface area (Å²) in [6.45, 7) is 8.92. The lowest BCUT2D eigenvalue weighted by Gasteiger charge is -2.32. The van der Waals surface area contributed by atoms with Crippen molar-refractivity contribution in [3.05, 3.63) is 113 Å². The Morgan fingerprint density at radius 2 is 1.89 bits per heavy atom. The van der Waals surface area contributed by atoms with E-state index in [9.17, 15) is 4.39 Å². The first kappa shape index (κ1) is 30.3. The van der Waals surface area contributed by atoms with E-state index in [1.807, 2.05) is 41.8 Å². The van der Waals surface area contributed by atoms with Crippen LogP contribution in [0.4, 0.5) is 16.0 Å². The molecule has 0 radical (unpaired) electrons. The van der Waals surface area contributed by atoms with Gasteiger partial charge in [0.2, 0.25) is 5.82 Å². The number of nitriles is 1. The highest BCUT2D eigenvalue weighted by molar-refractivity contribution is 5.72. The van der Waals surface area contributed by atoms with Gasteiger partial charge in [-0.15, -0.1) is 0 Å². The molecular formula is C35H33FN10. The zero-order valence-corrected chi connectivity index (χ0v) is 25.4. The summed E-state index contributed by atoms with van der Waals surface area (Å²) in [7, 11) is 0. The summed E-state index contributed by atoms with van der Waals surface area (Å²) < 4.78 is 16.3. The molecule has 5 aromatic rings. The third-order valence-electron chi connectivity index (χ3n) is 8.07. The van der Waals surface area contributed by atoms with Crippen LogP contribution in [-0.4, -0.2) is 53.5 Å². The van der Waals surface area contributed by atoms with Crippen molar-refractivity contribution >= 4 is 29.9 Å². The number of nitrogens with zero attached hydrogens (tertiary/aromatic N) is 8. The van der Waals surface area contributed by atoms with Gasteiger partial charge in [0.05, 0.1) is 22.5 Å². The maximum Gasteiger partial charge on any atom is 0.234 e. The number of allylic oxidation sites excluding steroid dienone is 2. The van der Waals surface area contributed by atoms with Crippen molar-refractivity contribution in [1.82, 2.24) is 34.4 Å². The summed E-state index contributed by atoms with van der Waals surface area (Å²) in [6, 6.07) is 17.8. The molecule has 46 heavy (non-hydrogen) atoms. The molecule has 5 heterocycles. The standard InChI is InChI=1S/C35H33FN10/c1-23(28-11-16-39-21-30(28)36)5-10-31-24(2)46(35(43-31)29-4-3-15-41-34(29)38)27-8-6-25(7-9-27)22-45-18-13-26(14-19-45)42-32-12-17-40-33(20-37)44-32/h3-12,15-17,21,26H,2,13-14,18-19,22H2,1H3,(H2,38,41)(H,40,42,44)/b23-5+,31-10+. The van der Waals surface area contributed by atoms with E-state index in [0.717, 1.165) is 43.7 Å². The van der Waals surface area contributed by atoms with Crippen LogP contribution in [0.2, 0.25) is 0 Å². The number of halogens is 1. The van der Waals surface area contributed by atoms with Gasteiger partial charge in [0, 0.05) is 55.5 Å². The second-order valence-corrected chi connectivity index (χ2v) is 11.1. The summed E-state index contributed by atoms with van der Waals surface area (Å²) in [5, 5.41) is 13.8. The van der Waals surface area contributed by atoms with Gasteiger partial charge in [-0.1, -0.05) is 24.8 Å². The van der Waals surface area contributed by atoms with Crippen LogP contribution < -0.4 is 21.7 Å². The minimum absolute atomic E-state index is 0.169. The number of nitrogen functional groups attached to an aromatic ring is 1. The lowest BCUT2D eigenvalue weighted by molar-refractivity contribution is 0.211. The molecular weight excluding hydrogens is 579 g/mol. The van der Waals surface area contributed by atoms with Crippen molar-refractivity contribution in [3.63, 3.8) is 0 Å². The molecule has 230 valence electrons. The van der Waals surface area contributed by atoms with E-state index in [4.69, 9.17) is 16.0 Å². The van der Waals surface area contributed by atoms with Crippen molar-refractivity contribution in [1.29, 1.82) is 5.26 Å². The molecule has 0 bridgehead atoms. The minimum Gasteiger partial charge on any atom is -0.383 e. The Balaban J connectivity index is 1.21. The first-order chi connectivity index (χ1) is 22.4. The van der Waals surface area contributed by atoms with Gasteiger partial charge in [0.25, 0.3) is 0 Å². The van der Waals surface area contributed by atoms with Crippen molar-refractivity contribution in [3.8, 4) is 23.1 Å². The van der Waals surface area contributed by atoms with Crippen LogP contribution in [0.25, 0.3) is 35.3 Å². The van der Waals surface area contributed by atoms with Gasteiger partial charge in [0.15, 0.2) is 0 Å². The highest BCUT2D eigenvalue weighted by Gasteiger charge is 2.20. The van der Waals surface area contributed by atoms with Gasteiger partial charge in [-0.05, 0) is 73.4 Å². The average molecular weight is 613 g/mol. The molecule has 0 unspecified atom stereocenters. The Morgan fingerprint density at radius 1 is 1.09 bits per heavy atom. The third kappa shape index (κ3) is 6.67. The normalized spacial score (nSPS) is 14.7. The summed E-state index contributed by atoms with van der Waals surface area (Å²) in [6.07, 6.45) is 11.6. The molecule has 1 aliphatic rings. The van der Waals surface area contributed by atoms with Crippen LogP contribution in [0.1, 0.15) is 36.7 Å². The van der Waals surface area contributed by atoms with Crippen LogP contribution in [0.15, 0.2) is 79.4 Å². The molecule has 0 saturated carbocycles. The van der Waals surface area contributed by atoms with Gasteiger partial charge >= 0.3 is 0 Å². The molecule has 0 spiro atoms.